The summed E-state index contributed by atoms with van der Waals surface area (Å²) < 4.78 is 5.33. The van der Waals surface area contributed by atoms with Crippen LogP contribution in [0.1, 0.15) is 54.0 Å². The van der Waals surface area contributed by atoms with Crippen molar-refractivity contribution in [1.29, 1.82) is 0 Å². The molecular formula is C23H23ClN4O2. The van der Waals surface area contributed by atoms with E-state index in [9.17, 15) is 5.11 Å². The first kappa shape index (κ1) is 20.0. The standard InChI is InChI=1S/C23H23ClN4O2/c1-12(2)21-20(22(14(4)29)27-26-21)23(15-5-7-16(24)8-6-15)25-17-9-10-19-18(11-17)13(3)28-30-19/h5-12,23,25,29H,4H2,1-3H3,(H,26,27). The number of nitrogens with zero attached hydrogens (tertiary/aromatic N) is 2. The van der Waals surface area contributed by atoms with Crippen LogP contribution >= 0.6 is 11.6 Å². The molecule has 3 N–H and O–H groups in total. The quantitative estimate of drug-likeness (QED) is 0.314. The zero-order chi connectivity index (χ0) is 21.4. The molecule has 2 heterocycles. The Hall–Kier alpha value is -3.25. The summed E-state index contributed by atoms with van der Waals surface area (Å²) in [5.74, 6) is 0.0826. The molecule has 0 saturated carbocycles. The molecule has 6 nitrogen and oxygen atoms in total. The Morgan fingerprint density at radius 3 is 2.60 bits per heavy atom. The SMILES string of the molecule is C=C(O)c1n[nH]c(C(C)C)c1C(Nc1ccc2onc(C)c2c1)c1ccc(Cl)cc1. The van der Waals surface area contributed by atoms with Gasteiger partial charge in [0.15, 0.2) is 5.58 Å². The number of aromatic amines is 1. The number of anilines is 1. The summed E-state index contributed by atoms with van der Waals surface area (Å²) in [4.78, 5) is 0. The Labute approximate surface area is 179 Å². The van der Waals surface area contributed by atoms with E-state index in [-0.39, 0.29) is 17.7 Å². The first-order valence-corrected chi connectivity index (χ1v) is 10.1. The smallest absolute Gasteiger partial charge is 0.167 e. The number of benzene rings is 2. The van der Waals surface area contributed by atoms with Crippen LogP contribution < -0.4 is 5.32 Å². The van der Waals surface area contributed by atoms with E-state index in [1.165, 1.54) is 0 Å². The summed E-state index contributed by atoms with van der Waals surface area (Å²) in [6.45, 7) is 9.77. The van der Waals surface area contributed by atoms with E-state index in [0.29, 0.717) is 10.7 Å². The maximum absolute atomic E-state index is 10.2. The Kier molecular flexibility index (Phi) is 5.26. The van der Waals surface area contributed by atoms with Gasteiger partial charge < -0.3 is 14.9 Å². The van der Waals surface area contributed by atoms with Gasteiger partial charge in [0.2, 0.25) is 0 Å². The summed E-state index contributed by atoms with van der Waals surface area (Å²) in [5, 5.41) is 26.8. The number of halogens is 1. The van der Waals surface area contributed by atoms with Gasteiger partial charge in [0.05, 0.1) is 11.7 Å². The van der Waals surface area contributed by atoms with E-state index in [1.54, 1.807) is 0 Å². The van der Waals surface area contributed by atoms with Crippen molar-refractivity contribution in [2.24, 2.45) is 0 Å². The minimum Gasteiger partial charge on any atom is -0.506 e. The van der Waals surface area contributed by atoms with Gasteiger partial charge in [-0.3, -0.25) is 5.10 Å². The van der Waals surface area contributed by atoms with Crippen LogP contribution in [0.3, 0.4) is 0 Å². The van der Waals surface area contributed by atoms with Crippen LogP contribution in [0.5, 0.6) is 0 Å². The number of nitrogens with one attached hydrogen (secondary N) is 2. The molecule has 0 radical (unpaired) electrons. The van der Waals surface area contributed by atoms with Gasteiger partial charge in [0.1, 0.15) is 11.5 Å². The number of rotatable bonds is 6. The fourth-order valence-corrected chi connectivity index (χ4v) is 3.74. The van der Waals surface area contributed by atoms with Crippen molar-refractivity contribution < 1.29 is 9.63 Å². The maximum Gasteiger partial charge on any atom is 0.167 e. The molecule has 30 heavy (non-hydrogen) atoms. The molecule has 0 bridgehead atoms. The number of aliphatic hydroxyl groups is 1. The lowest BCUT2D eigenvalue weighted by Gasteiger charge is -2.23. The molecule has 154 valence electrons. The van der Waals surface area contributed by atoms with Crippen molar-refractivity contribution >= 4 is 34.0 Å². The lowest BCUT2D eigenvalue weighted by molar-refractivity contribution is 0.450. The Bertz CT molecular complexity index is 1210. The number of hydrogen-bond donors (Lipinski definition) is 3. The van der Waals surface area contributed by atoms with Gasteiger partial charge in [0.25, 0.3) is 0 Å². The van der Waals surface area contributed by atoms with Crippen molar-refractivity contribution in [3.05, 3.63) is 82.3 Å². The summed E-state index contributed by atoms with van der Waals surface area (Å²) in [7, 11) is 0. The summed E-state index contributed by atoms with van der Waals surface area (Å²) in [6.07, 6.45) is 0. The molecule has 7 heteroatoms. The Balaban J connectivity index is 1.87. The van der Waals surface area contributed by atoms with E-state index in [0.717, 1.165) is 39.2 Å². The summed E-state index contributed by atoms with van der Waals surface area (Å²) in [5.41, 5.74) is 5.64. The van der Waals surface area contributed by atoms with Crippen molar-refractivity contribution in [1.82, 2.24) is 15.4 Å². The fourth-order valence-electron chi connectivity index (χ4n) is 3.61. The minimum atomic E-state index is -0.296. The fraction of sp³-hybridized carbons (Fsp3) is 0.217. The number of H-pyrrole nitrogens is 1. The number of fused-ring (bicyclic) bond motifs is 1. The molecule has 1 atom stereocenters. The summed E-state index contributed by atoms with van der Waals surface area (Å²) >= 11 is 6.12. The molecule has 0 amide bonds. The van der Waals surface area contributed by atoms with E-state index < -0.39 is 0 Å². The van der Waals surface area contributed by atoms with Crippen molar-refractivity contribution in [3.63, 3.8) is 0 Å². The number of aromatic nitrogens is 3. The van der Waals surface area contributed by atoms with Crippen LogP contribution in [-0.2, 0) is 0 Å². The third kappa shape index (κ3) is 3.66. The highest BCUT2D eigenvalue weighted by atomic mass is 35.5. The number of hydrogen-bond acceptors (Lipinski definition) is 5. The van der Waals surface area contributed by atoms with Crippen molar-refractivity contribution in [3.8, 4) is 0 Å². The highest BCUT2D eigenvalue weighted by Gasteiger charge is 2.27. The van der Waals surface area contributed by atoms with Crippen molar-refractivity contribution in [2.75, 3.05) is 5.32 Å². The molecule has 0 spiro atoms. The molecule has 0 fully saturated rings. The zero-order valence-electron chi connectivity index (χ0n) is 17.0. The van der Waals surface area contributed by atoms with Crippen LogP contribution in [0.4, 0.5) is 5.69 Å². The molecular weight excluding hydrogens is 400 g/mol. The topological polar surface area (TPSA) is 87.0 Å². The van der Waals surface area contributed by atoms with Gasteiger partial charge in [-0.15, -0.1) is 0 Å². The van der Waals surface area contributed by atoms with Crippen LogP contribution in [0.15, 0.2) is 53.6 Å². The van der Waals surface area contributed by atoms with E-state index >= 15 is 0 Å². The van der Waals surface area contributed by atoms with Gasteiger partial charge in [-0.05, 0) is 48.7 Å². The van der Waals surface area contributed by atoms with Gasteiger partial charge in [-0.2, -0.15) is 5.10 Å². The number of aliphatic hydroxyl groups excluding tert-OH is 1. The number of aryl methyl sites for hydroxylation is 1. The second kappa shape index (κ2) is 7.88. The third-order valence-corrected chi connectivity index (χ3v) is 5.39. The van der Waals surface area contributed by atoms with Crippen LogP contribution in [0.2, 0.25) is 5.02 Å². The molecule has 0 aliphatic rings. The third-order valence-electron chi connectivity index (χ3n) is 5.14. The predicted octanol–water partition coefficient (Wildman–Crippen LogP) is 6.37. The van der Waals surface area contributed by atoms with E-state index in [4.69, 9.17) is 16.1 Å². The Morgan fingerprint density at radius 1 is 1.20 bits per heavy atom. The molecule has 4 aromatic rings. The van der Waals surface area contributed by atoms with Gasteiger partial charge in [-0.1, -0.05) is 49.3 Å². The van der Waals surface area contributed by atoms with Gasteiger partial charge in [-0.25, -0.2) is 0 Å². The average Bonchev–Trinajstić information content (AvgIpc) is 3.31. The van der Waals surface area contributed by atoms with E-state index in [2.05, 4.69) is 41.1 Å². The van der Waals surface area contributed by atoms with Crippen LogP contribution in [0, 0.1) is 6.92 Å². The Morgan fingerprint density at radius 2 is 1.93 bits per heavy atom. The highest BCUT2D eigenvalue weighted by Crippen LogP contribution is 2.36. The molecule has 4 rings (SSSR count). The second-order valence-corrected chi connectivity index (χ2v) is 8.05. The highest BCUT2D eigenvalue weighted by molar-refractivity contribution is 6.30. The average molecular weight is 423 g/mol. The molecule has 0 aliphatic carbocycles. The van der Waals surface area contributed by atoms with Crippen LogP contribution in [-0.4, -0.2) is 20.5 Å². The predicted molar refractivity (Wildman–Crippen MR) is 120 cm³/mol. The van der Waals surface area contributed by atoms with Crippen LogP contribution in [0.25, 0.3) is 16.7 Å². The molecule has 0 aliphatic heterocycles. The molecule has 2 aromatic heterocycles. The monoisotopic (exact) mass is 422 g/mol. The molecule has 1 unspecified atom stereocenters. The maximum atomic E-state index is 10.2. The molecule has 2 aromatic carbocycles. The lowest BCUT2D eigenvalue weighted by atomic mass is 9.92. The van der Waals surface area contributed by atoms with E-state index in [1.807, 2.05) is 49.4 Å². The van der Waals surface area contributed by atoms with Gasteiger partial charge in [0, 0.05) is 27.4 Å². The first-order chi connectivity index (χ1) is 14.3. The minimum absolute atomic E-state index is 0.0840. The van der Waals surface area contributed by atoms with Gasteiger partial charge >= 0.3 is 0 Å². The normalized spacial score (nSPS) is 12.4. The molecule has 0 saturated heterocycles. The largest absolute Gasteiger partial charge is 0.506 e. The van der Waals surface area contributed by atoms with Crippen molar-refractivity contribution in [2.45, 2.75) is 32.7 Å². The first-order valence-electron chi connectivity index (χ1n) is 9.69. The lowest BCUT2D eigenvalue weighted by Crippen LogP contribution is -2.16. The summed E-state index contributed by atoms with van der Waals surface area (Å²) in [6, 6.07) is 13.2. The second-order valence-electron chi connectivity index (χ2n) is 7.61. The zero-order valence-corrected chi connectivity index (χ0v) is 17.8.